The second-order valence-corrected chi connectivity index (χ2v) is 12.9. The van der Waals surface area contributed by atoms with Gasteiger partial charge in [-0.2, -0.15) is 0 Å². The first-order valence-corrected chi connectivity index (χ1v) is 15.8. The van der Waals surface area contributed by atoms with Crippen LogP contribution in [0.2, 0.25) is 0 Å². The molecule has 2 aliphatic heterocycles. The van der Waals surface area contributed by atoms with Crippen LogP contribution in [0.25, 0.3) is 44.1 Å². The molecular weight excluding hydrogens is 544 g/mol. The number of nitrogens with one attached hydrogen (secondary N) is 2. The number of fused-ring (bicyclic) bond motifs is 4. The average Bonchev–Trinajstić information content (AvgIpc) is 3.70. The Bertz CT molecular complexity index is 1940. The average molecular weight is 575 g/mol. The zero-order valence-corrected chi connectivity index (χ0v) is 23.8. The number of sulfone groups is 1. The summed E-state index contributed by atoms with van der Waals surface area (Å²) < 4.78 is 34.3. The minimum Gasteiger partial charge on any atom is -0.379 e. The number of morpholine rings is 1. The summed E-state index contributed by atoms with van der Waals surface area (Å²) in [4.78, 5) is 11.8. The Kier molecular flexibility index (Phi) is 5.96. The maximum atomic E-state index is 14.4. The van der Waals surface area contributed by atoms with Crippen molar-refractivity contribution in [3.8, 4) is 22.3 Å². The van der Waals surface area contributed by atoms with Gasteiger partial charge in [-0.1, -0.05) is 36.4 Å². The second-order valence-electron chi connectivity index (χ2n) is 11.0. The van der Waals surface area contributed by atoms with E-state index in [0.717, 1.165) is 88.3 Å². The summed E-state index contributed by atoms with van der Waals surface area (Å²) in [5, 5.41) is 2.25. The smallest absolute Gasteiger partial charge is 0.210 e. The van der Waals surface area contributed by atoms with E-state index in [2.05, 4.69) is 44.0 Å². The first kappa shape index (κ1) is 25.3. The molecule has 4 aromatic carbocycles. The number of nitrogens with zero attached hydrogens (tertiary/aromatic N) is 2. The van der Waals surface area contributed by atoms with Crippen LogP contribution < -0.4 is 4.90 Å². The van der Waals surface area contributed by atoms with Gasteiger partial charge in [-0.05, 0) is 81.6 Å². The lowest BCUT2D eigenvalue weighted by atomic mass is 10.0. The fourth-order valence-corrected chi connectivity index (χ4v) is 7.98. The molecule has 210 valence electrons. The van der Waals surface area contributed by atoms with Crippen molar-refractivity contribution >= 4 is 43.0 Å². The van der Waals surface area contributed by atoms with Crippen LogP contribution in [0.3, 0.4) is 0 Å². The molecule has 8 heteroatoms. The Morgan fingerprint density at radius 2 is 1.12 bits per heavy atom. The van der Waals surface area contributed by atoms with Crippen molar-refractivity contribution in [2.45, 2.75) is 9.79 Å². The van der Waals surface area contributed by atoms with Crippen LogP contribution in [0.4, 0.5) is 11.4 Å². The molecule has 0 saturated carbocycles. The zero-order chi connectivity index (χ0) is 28.3. The number of hydrogen-bond donors (Lipinski definition) is 2. The third-order valence-electron chi connectivity index (χ3n) is 8.60. The van der Waals surface area contributed by atoms with Crippen molar-refractivity contribution in [3.05, 3.63) is 97.3 Å². The summed E-state index contributed by atoms with van der Waals surface area (Å²) in [6, 6.07) is 28.1. The molecule has 2 aliphatic rings. The molecule has 8 rings (SSSR count). The molecule has 42 heavy (non-hydrogen) atoms. The number of ether oxygens (including phenoxy) is 1. The van der Waals surface area contributed by atoms with E-state index in [1.54, 1.807) is 0 Å². The molecule has 2 N–H and O–H groups in total. The van der Waals surface area contributed by atoms with Crippen molar-refractivity contribution in [3.63, 3.8) is 0 Å². The Labute approximate surface area is 244 Å². The summed E-state index contributed by atoms with van der Waals surface area (Å²) in [5.74, 6) is 0. The molecule has 0 aliphatic carbocycles. The van der Waals surface area contributed by atoms with E-state index in [1.165, 1.54) is 0 Å². The molecule has 0 amide bonds. The van der Waals surface area contributed by atoms with Gasteiger partial charge < -0.3 is 19.6 Å². The van der Waals surface area contributed by atoms with Crippen LogP contribution in [-0.2, 0) is 14.6 Å². The van der Waals surface area contributed by atoms with Gasteiger partial charge in [-0.3, -0.25) is 4.90 Å². The Morgan fingerprint density at radius 1 is 0.619 bits per heavy atom. The van der Waals surface area contributed by atoms with E-state index >= 15 is 0 Å². The lowest BCUT2D eigenvalue weighted by Gasteiger charge is -2.36. The molecule has 6 aromatic rings. The second kappa shape index (κ2) is 9.87. The number of aromatic nitrogens is 2. The van der Waals surface area contributed by atoms with E-state index < -0.39 is 9.84 Å². The lowest BCUT2D eigenvalue weighted by molar-refractivity contribution is 0.0394. The van der Waals surface area contributed by atoms with Gasteiger partial charge in [0, 0.05) is 49.6 Å². The van der Waals surface area contributed by atoms with Gasteiger partial charge in [0.2, 0.25) is 9.84 Å². The summed E-state index contributed by atoms with van der Waals surface area (Å²) in [5.41, 5.74) is 7.19. The highest BCUT2D eigenvalue weighted by Gasteiger charge is 2.35. The molecule has 0 spiro atoms. The summed E-state index contributed by atoms with van der Waals surface area (Å²) in [6.07, 6.45) is 3.83. The first-order valence-electron chi connectivity index (χ1n) is 14.3. The SMILES string of the molecule is O=S1(=O)c2cc(-c3ccc4cc[nH]c4c3)ccc2N(CCN2CCOCC2)c2ccc(-c3ccc4cc[nH]c4c3)cc21. The van der Waals surface area contributed by atoms with Crippen molar-refractivity contribution in [2.24, 2.45) is 0 Å². The van der Waals surface area contributed by atoms with Crippen LogP contribution in [-0.4, -0.2) is 62.7 Å². The molecular formula is C34H30N4O3S. The van der Waals surface area contributed by atoms with Crippen LogP contribution >= 0.6 is 0 Å². The topological polar surface area (TPSA) is 81.4 Å². The molecule has 7 nitrogen and oxygen atoms in total. The molecule has 0 atom stereocenters. The molecule has 0 unspecified atom stereocenters. The number of rotatable bonds is 5. The number of hydrogen-bond acceptors (Lipinski definition) is 5. The molecule has 0 bridgehead atoms. The van der Waals surface area contributed by atoms with Gasteiger partial charge in [-0.15, -0.1) is 0 Å². The van der Waals surface area contributed by atoms with E-state index in [9.17, 15) is 8.42 Å². The van der Waals surface area contributed by atoms with Gasteiger partial charge >= 0.3 is 0 Å². The largest absolute Gasteiger partial charge is 0.379 e. The van der Waals surface area contributed by atoms with Crippen molar-refractivity contribution < 1.29 is 13.2 Å². The monoisotopic (exact) mass is 574 g/mol. The van der Waals surface area contributed by atoms with Crippen molar-refractivity contribution in [2.75, 3.05) is 44.3 Å². The first-order chi connectivity index (χ1) is 20.5. The third kappa shape index (κ3) is 4.22. The van der Waals surface area contributed by atoms with Gasteiger partial charge in [0.1, 0.15) is 0 Å². The van der Waals surface area contributed by atoms with Gasteiger partial charge in [0.25, 0.3) is 0 Å². The molecule has 2 aromatic heterocycles. The van der Waals surface area contributed by atoms with Gasteiger partial charge in [-0.25, -0.2) is 8.42 Å². The Hall–Kier alpha value is -4.37. The molecule has 0 radical (unpaired) electrons. The maximum Gasteiger partial charge on any atom is 0.210 e. The predicted molar refractivity (Wildman–Crippen MR) is 167 cm³/mol. The quantitative estimate of drug-likeness (QED) is 0.243. The fraction of sp³-hybridized carbons (Fsp3) is 0.176. The van der Waals surface area contributed by atoms with Crippen LogP contribution in [0.15, 0.2) is 107 Å². The predicted octanol–water partition coefficient (Wildman–Crippen LogP) is 6.60. The van der Waals surface area contributed by atoms with E-state index in [0.29, 0.717) is 16.3 Å². The molecule has 1 saturated heterocycles. The van der Waals surface area contributed by atoms with E-state index in [-0.39, 0.29) is 0 Å². The highest BCUT2D eigenvalue weighted by molar-refractivity contribution is 7.92. The van der Waals surface area contributed by atoms with Gasteiger partial charge in [0.15, 0.2) is 0 Å². The fourth-order valence-electron chi connectivity index (χ4n) is 6.27. The van der Waals surface area contributed by atoms with Gasteiger partial charge in [0.05, 0.1) is 34.4 Å². The van der Waals surface area contributed by atoms with Crippen molar-refractivity contribution in [1.82, 2.24) is 14.9 Å². The van der Waals surface area contributed by atoms with Crippen molar-refractivity contribution in [1.29, 1.82) is 0 Å². The highest BCUT2D eigenvalue weighted by atomic mass is 32.2. The van der Waals surface area contributed by atoms with Crippen LogP contribution in [0.5, 0.6) is 0 Å². The summed E-state index contributed by atoms with van der Waals surface area (Å²) >= 11 is 0. The summed E-state index contributed by atoms with van der Waals surface area (Å²) in [6.45, 7) is 4.71. The third-order valence-corrected chi connectivity index (χ3v) is 10.4. The normalized spacial score (nSPS) is 16.5. The number of H-pyrrole nitrogens is 2. The van der Waals surface area contributed by atoms with Crippen LogP contribution in [0.1, 0.15) is 0 Å². The minimum atomic E-state index is -3.79. The number of aromatic amines is 2. The van der Waals surface area contributed by atoms with E-state index in [1.807, 2.05) is 73.1 Å². The summed E-state index contributed by atoms with van der Waals surface area (Å²) in [7, 11) is -3.79. The maximum absolute atomic E-state index is 14.4. The Morgan fingerprint density at radius 3 is 1.67 bits per heavy atom. The minimum absolute atomic E-state index is 0.345. The highest BCUT2D eigenvalue weighted by Crippen LogP contribution is 2.46. The van der Waals surface area contributed by atoms with Crippen LogP contribution in [0, 0.1) is 0 Å². The molecule has 4 heterocycles. The number of anilines is 2. The lowest BCUT2D eigenvalue weighted by Crippen LogP contribution is -2.41. The number of benzene rings is 4. The van der Waals surface area contributed by atoms with E-state index in [4.69, 9.17) is 4.74 Å². The Balaban J connectivity index is 1.25. The molecule has 1 fully saturated rings. The zero-order valence-electron chi connectivity index (χ0n) is 23.0. The standard InChI is InChI=1S/C34H30N4O3S/c39-42(40)33-21-27(25-3-1-23-9-11-35-29(23)19-25)5-7-31(33)38(14-13-37-15-17-41-18-16-37)32-8-6-28(22-34(32)42)26-4-2-24-10-12-36-30(24)20-26/h1-12,19-22,35-36H,13-18H2.